The summed E-state index contributed by atoms with van der Waals surface area (Å²) in [6, 6.07) is 0. The van der Waals surface area contributed by atoms with Gasteiger partial charge in [0.1, 0.15) is 0 Å². The summed E-state index contributed by atoms with van der Waals surface area (Å²) in [6.45, 7) is 14.3. The zero-order valence-electron chi connectivity index (χ0n) is 22.3. The minimum Gasteiger partial charge on any atom is -0.0654 e. The molecule has 3 aliphatic rings. The first kappa shape index (κ1) is 28.0. The van der Waals surface area contributed by atoms with E-state index in [1.807, 2.05) is 0 Å². The first-order valence-corrected chi connectivity index (χ1v) is 14.3. The highest BCUT2D eigenvalue weighted by atomic mass is 14.3. The highest BCUT2D eigenvalue weighted by molar-refractivity contribution is 4.78. The van der Waals surface area contributed by atoms with Crippen LogP contribution in [0.5, 0.6) is 0 Å². The fraction of sp³-hybridized carbons (Fsp3) is 1.00. The van der Waals surface area contributed by atoms with Gasteiger partial charge in [0.05, 0.1) is 0 Å². The number of unbranched alkanes of at least 4 members (excludes halogenated alkanes) is 1. The second-order valence-corrected chi connectivity index (χ2v) is 12.3. The van der Waals surface area contributed by atoms with Crippen LogP contribution in [0.25, 0.3) is 0 Å². The molecule has 0 atom stereocenters. The maximum atomic E-state index is 2.49. The molecule has 0 nitrogen and oxygen atoms in total. The molecular weight excluding hydrogens is 360 g/mol. The Morgan fingerprint density at radius 3 is 1.10 bits per heavy atom. The first-order valence-electron chi connectivity index (χ1n) is 14.3. The summed E-state index contributed by atoms with van der Waals surface area (Å²) in [7, 11) is 0. The molecule has 3 aliphatic carbocycles. The van der Waals surface area contributed by atoms with Crippen LogP contribution in [-0.4, -0.2) is 0 Å². The smallest absolute Gasteiger partial charge is 0.0326 e. The molecule has 0 bridgehead atoms. The topological polar surface area (TPSA) is 0 Å². The van der Waals surface area contributed by atoms with Gasteiger partial charge in [-0.15, -0.1) is 0 Å². The van der Waals surface area contributed by atoms with Gasteiger partial charge >= 0.3 is 0 Å². The Balaban J connectivity index is 0.000000226. The lowest BCUT2D eigenvalue weighted by Gasteiger charge is -2.33. The van der Waals surface area contributed by atoms with E-state index in [1.54, 1.807) is 0 Å². The lowest BCUT2D eigenvalue weighted by atomic mass is 9.73. The van der Waals surface area contributed by atoms with Crippen LogP contribution < -0.4 is 0 Å². The van der Waals surface area contributed by atoms with Crippen molar-refractivity contribution in [1.82, 2.24) is 0 Å². The summed E-state index contributed by atoms with van der Waals surface area (Å²) in [4.78, 5) is 0. The van der Waals surface area contributed by atoms with Gasteiger partial charge in [0.25, 0.3) is 0 Å². The van der Waals surface area contributed by atoms with E-state index in [4.69, 9.17) is 0 Å². The van der Waals surface area contributed by atoms with Crippen molar-refractivity contribution in [2.24, 2.45) is 16.2 Å². The van der Waals surface area contributed by atoms with Crippen LogP contribution in [0, 0.1) is 16.2 Å². The average molecular weight is 421 g/mol. The molecule has 3 rings (SSSR count). The Labute approximate surface area is 192 Å². The van der Waals surface area contributed by atoms with Crippen molar-refractivity contribution in [2.75, 3.05) is 0 Å². The van der Waals surface area contributed by atoms with Crippen molar-refractivity contribution < 1.29 is 0 Å². The molecule has 0 amide bonds. The first-order chi connectivity index (χ1) is 14.3. The molecule has 3 fully saturated rings. The van der Waals surface area contributed by atoms with Crippen molar-refractivity contribution in [3.63, 3.8) is 0 Å². The van der Waals surface area contributed by atoms with Crippen LogP contribution in [0.4, 0.5) is 0 Å². The lowest BCUT2D eigenvalue weighted by Crippen LogP contribution is -2.19. The van der Waals surface area contributed by atoms with Crippen LogP contribution in [0.3, 0.4) is 0 Å². The maximum absolute atomic E-state index is 2.49. The van der Waals surface area contributed by atoms with E-state index in [1.165, 1.54) is 135 Å². The van der Waals surface area contributed by atoms with Crippen LogP contribution >= 0.6 is 0 Å². The SMILES string of the molecule is CCC1(C)CCCCC1.CCCC1(C)CCCCC1.CCCCC1(C)CCCCC1. The Hall–Kier alpha value is 0. The molecule has 0 N–H and O–H groups in total. The molecule has 0 aromatic carbocycles. The molecule has 0 radical (unpaired) electrons. The van der Waals surface area contributed by atoms with Crippen LogP contribution in [0.15, 0.2) is 0 Å². The summed E-state index contributed by atoms with van der Waals surface area (Å²) in [6.07, 6.45) is 30.7. The van der Waals surface area contributed by atoms with Crippen LogP contribution in [0.2, 0.25) is 0 Å². The van der Waals surface area contributed by atoms with E-state index in [2.05, 4.69) is 41.5 Å². The van der Waals surface area contributed by atoms with Crippen molar-refractivity contribution in [3.05, 3.63) is 0 Å². The fourth-order valence-corrected chi connectivity index (χ4v) is 6.28. The van der Waals surface area contributed by atoms with Crippen molar-refractivity contribution in [1.29, 1.82) is 0 Å². The van der Waals surface area contributed by atoms with E-state index >= 15 is 0 Å². The Morgan fingerprint density at radius 1 is 0.433 bits per heavy atom. The Morgan fingerprint density at radius 2 is 0.800 bits per heavy atom. The van der Waals surface area contributed by atoms with E-state index < -0.39 is 0 Å². The third-order valence-electron chi connectivity index (χ3n) is 9.02. The molecule has 0 aliphatic heterocycles. The minimum atomic E-state index is 0.720. The normalized spacial score (nSPS) is 24.6. The lowest BCUT2D eigenvalue weighted by molar-refractivity contribution is 0.194. The van der Waals surface area contributed by atoms with Gasteiger partial charge in [-0.25, -0.2) is 0 Å². The van der Waals surface area contributed by atoms with Gasteiger partial charge in [0.2, 0.25) is 0 Å². The summed E-state index contributed by atoms with van der Waals surface area (Å²) in [5.74, 6) is 0. The molecule has 0 aromatic heterocycles. The second kappa shape index (κ2) is 14.9. The largest absolute Gasteiger partial charge is 0.0654 e. The van der Waals surface area contributed by atoms with Gasteiger partial charge in [-0.3, -0.25) is 0 Å². The number of hydrogen-bond donors (Lipinski definition) is 0. The maximum Gasteiger partial charge on any atom is -0.0326 e. The van der Waals surface area contributed by atoms with E-state index in [9.17, 15) is 0 Å². The van der Waals surface area contributed by atoms with E-state index in [0.29, 0.717) is 0 Å². The molecular formula is C30H60. The molecule has 0 saturated heterocycles. The minimum absolute atomic E-state index is 0.720. The summed E-state index contributed by atoms with van der Waals surface area (Å²) in [5.41, 5.74) is 2.18. The van der Waals surface area contributed by atoms with Crippen molar-refractivity contribution in [3.8, 4) is 0 Å². The van der Waals surface area contributed by atoms with E-state index in [0.717, 1.165) is 16.2 Å². The van der Waals surface area contributed by atoms with Gasteiger partial charge in [0, 0.05) is 0 Å². The van der Waals surface area contributed by atoms with Gasteiger partial charge in [-0.2, -0.15) is 0 Å². The fourth-order valence-electron chi connectivity index (χ4n) is 6.28. The predicted octanol–water partition coefficient (Wildman–Crippen LogP) is 11.3. The molecule has 0 heterocycles. The van der Waals surface area contributed by atoms with Crippen molar-refractivity contribution in [2.45, 2.75) is 176 Å². The zero-order valence-corrected chi connectivity index (χ0v) is 22.3. The summed E-state index contributed by atoms with van der Waals surface area (Å²) < 4.78 is 0. The Kier molecular flexibility index (Phi) is 14.0. The van der Waals surface area contributed by atoms with Gasteiger partial charge < -0.3 is 0 Å². The second-order valence-electron chi connectivity index (χ2n) is 12.3. The molecule has 30 heavy (non-hydrogen) atoms. The summed E-state index contributed by atoms with van der Waals surface area (Å²) >= 11 is 0. The Bertz CT molecular complexity index is 383. The molecule has 180 valence electrons. The number of hydrogen-bond acceptors (Lipinski definition) is 0. The van der Waals surface area contributed by atoms with Crippen molar-refractivity contribution >= 4 is 0 Å². The summed E-state index contributed by atoms with van der Waals surface area (Å²) in [5, 5.41) is 0. The van der Waals surface area contributed by atoms with Gasteiger partial charge in [0.15, 0.2) is 0 Å². The molecule has 0 heteroatoms. The third-order valence-corrected chi connectivity index (χ3v) is 9.02. The van der Waals surface area contributed by atoms with Gasteiger partial charge in [-0.1, -0.05) is 125 Å². The van der Waals surface area contributed by atoms with Crippen LogP contribution in [0.1, 0.15) is 176 Å². The average Bonchev–Trinajstić information content (AvgIpc) is 2.75. The number of rotatable bonds is 6. The molecule has 0 spiro atoms. The molecule has 3 saturated carbocycles. The van der Waals surface area contributed by atoms with E-state index in [-0.39, 0.29) is 0 Å². The van der Waals surface area contributed by atoms with Crippen LogP contribution in [-0.2, 0) is 0 Å². The third kappa shape index (κ3) is 11.6. The standard InChI is InChI=1S/C11H22.C10H20.C9H18/c1-3-4-8-11(2)9-6-5-7-10-11;1-3-7-10(2)8-5-4-6-9-10;1-3-9(2)7-5-4-6-8-9/h3-10H2,1-2H3;3-9H2,1-2H3;3-8H2,1-2H3. The molecule has 0 unspecified atom stereocenters. The highest BCUT2D eigenvalue weighted by Gasteiger charge is 2.26. The monoisotopic (exact) mass is 420 g/mol. The molecule has 0 aromatic rings. The zero-order chi connectivity index (χ0) is 22.3. The highest BCUT2D eigenvalue weighted by Crippen LogP contribution is 2.40. The van der Waals surface area contributed by atoms with Gasteiger partial charge in [-0.05, 0) is 67.6 Å². The predicted molar refractivity (Wildman–Crippen MR) is 138 cm³/mol. The quantitative estimate of drug-likeness (QED) is 0.400.